The van der Waals surface area contributed by atoms with Gasteiger partial charge in [0.1, 0.15) is 0 Å². The third kappa shape index (κ3) is 4.62. The standard InChI is InChI=1S/C15H9Br3N2O3S/c16-7-5-9(14(22)23)12(11(18)6-7)19-15(24)20-13(21)8-3-1-2-4-10(8)17/h1-6H,(H,22,23)(H2,19,20,21,24). The van der Waals surface area contributed by atoms with Gasteiger partial charge >= 0.3 is 5.97 Å². The molecule has 0 aliphatic carbocycles. The van der Waals surface area contributed by atoms with E-state index in [4.69, 9.17) is 12.2 Å². The topological polar surface area (TPSA) is 78.4 Å². The smallest absolute Gasteiger partial charge is 0.337 e. The van der Waals surface area contributed by atoms with Gasteiger partial charge in [0.2, 0.25) is 0 Å². The van der Waals surface area contributed by atoms with Gasteiger partial charge in [0.25, 0.3) is 5.91 Å². The van der Waals surface area contributed by atoms with Gasteiger partial charge in [-0.3, -0.25) is 10.1 Å². The van der Waals surface area contributed by atoms with Crippen LogP contribution in [0.3, 0.4) is 0 Å². The number of benzene rings is 2. The van der Waals surface area contributed by atoms with Crippen LogP contribution in [-0.4, -0.2) is 22.1 Å². The van der Waals surface area contributed by atoms with Crippen molar-refractivity contribution in [3.05, 3.63) is 60.9 Å². The quantitative estimate of drug-likeness (QED) is 0.491. The maximum absolute atomic E-state index is 12.2. The third-order valence-corrected chi connectivity index (χ3v) is 4.85. The van der Waals surface area contributed by atoms with Crippen molar-refractivity contribution < 1.29 is 14.7 Å². The van der Waals surface area contributed by atoms with Crippen molar-refractivity contribution in [2.45, 2.75) is 0 Å². The summed E-state index contributed by atoms with van der Waals surface area (Å²) in [7, 11) is 0. The van der Waals surface area contributed by atoms with Gasteiger partial charge in [0, 0.05) is 13.4 Å². The number of nitrogens with one attached hydrogen (secondary N) is 2. The molecule has 0 aromatic heterocycles. The molecule has 0 bridgehead atoms. The molecule has 2 rings (SSSR count). The summed E-state index contributed by atoms with van der Waals surface area (Å²) in [6.45, 7) is 0. The van der Waals surface area contributed by atoms with Crippen LogP contribution >= 0.6 is 60.0 Å². The number of carbonyl (C=O) groups is 2. The van der Waals surface area contributed by atoms with Crippen molar-refractivity contribution >= 4 is 82.7 Å². The van der Waals surface area contributed by atoms with Crippen LogP contribution in [-0.2, 0) is 0 Å². The normalized spacial score (nSPS) is 10.1. The highest BCUT2D eigenvalue weighted by atomic mass is 79.9. The second kappa shape index (κ2) is 8.19. The van der Waals surface area contributed by atoms with Crippen LogP contribution in [0.2, 0.25) is 0 Å². The Morgan fingerprint density at radius 2 is 1.67 bits per heavy atom. The number of aromatic carboxylic acids is 1. The molecule has 0 radical (unpaired) electrons. The summed E-state index contributed by atoms with van der Waals surface area (Å²) in [5.41, 5.74) is 0.673. The number of amides is 1. The molecule has 5 nitrogen and oxygen atoms in total. The SMILES string of the molecule is O=C(NC(=S)Nc1c(Br)cc(Br)cc1C(=O)O)c1ccccc1Br. The van der Waals surface area contributed by atoms with Gasteiger partial charge in [0.15, 0.2) is 5.11 Å². The van der Waals surface area contributed by atoms with Crippen molar-refractivity contribution in [3.63, 3.8) is 0 Å². The molecule has 0 unspecified atom stereocenters. The number of halogens is 3. The maximum Gasteiger partial charge on any atom is 0.337 e. The van der Waals surface area contributed by atoms with E-state index in [0.717, 1.165) is 0 Å². The Bertz CT molecular complexity index is 843. The van der Waals surface area contributed by atoms with E-state index < -0.39 is 11.9 Å². The van der Waals surface area contributed by atoms with Crippen LogP contribution < -0.4 is 10.6 Å². The molecule has 0 saturated heterocycles. The largest absolute Gasteiger partial charge is 0.478 e. The number of carboxylic acids is 1. The van der Waals surface area contributed by atoms with Gasteiger partial charge in [-0.25, -0.2) is 4.79 Å². The van der Waals surface area contributed by atoms with Gasteiger partial charge in [0.05, 0.1) is 16.8 Å². The molecule has 124 valence electrons. The van der Waals surface area contributed by atoms with Crippen molar-refractivity contribution in [1.82, 2.24) is 5.32 Å². The Kier molecular flexibility index (Phi) is 6.50. The average Bonchev–Trinajstić information content (AvgIpc) is 2.49. The van der Waals surface area contributed by atoms with E-state index in [-0.39, 0.29) is 16.4 Å². The van der Waals surface area contributed by atoms with E-state index in [1.807, 2.05) is 0 Å². The summed E-state index contributed by atoms with van der Waals surface area (Å²) in [6.07, 6.45) is 0. The predicted molar refractivity (Wildman–Crippen MR) is 107 cm³/mol. The van der Waals surface area contributed by atoms with Crippen molar-refractivity contribution in [2.75, 3.05) is 5.32 Å². The van der Waals surface area contributed by atoms with E-state index >= 15 is 0 Å². The molecule has 0 aliphatic heterocycles. The summed E-state index contributed by atoms with van der Waals surface area (Å²) in [4.78, 5) is 23.6. The van der Waals surface area contributed by atoms with Crippen molar-refractivity contribution in [2.24, 2.45) is 0 Å². The lowest BCUT2D eigenvalue weighted by Gasteiger charge is -2.14. The monoisotopic (exact) mass is 534 g/mol. The maximum atomic E-state index is 12.2. The van der Waals surface area contributed by atoms with E-state index in [2.05, 4.69) is 58.4 Å². The Morgan fingerprint density at radius 1 is 1.00 bits per heavy atom. The first-order valence-corrected chi connectivity index (χ1v) is 9.17. The van der Waals surface area contributed by atoms with Crippen molar-refractivity contribution in [3.8, 4) is 0 Å². The first-order valence-electron chi connectivity index (χ1n) is 6.38. The molecule has 0 aliphatic rings. The van der Waals surface area contributed by atoms with Gasteiger partial charge in [-0.05, 0) is 68.3 Å². The highest BCUT2D eigenvalue weighted by Crippen LogP contribution is 2.31. The molecule has 2 aromatic carbocycles. The lowest BCUT2D eigenvalue weighted by Crippen LogP contribution is -2.34. The molecule has 0 heterocycles. The molecule has 0 atom stereocenters. The fourth-order valence-electron chi connectivity index (χ4n) is 1.83. The molecular weight excluding hydrogens is 528 g/mol. The fraction of sp³-hybridized carbons (Fsp3) is 0. The van der Waals surface area contributed by atoms with E-state index in [1.165, 1.54) is 6.07 Å². The van der Waals surface area contributed by atoms with E-state index in [1.54, 1.807) is 30.3 Å². The van der Waals surface area contributed by atoms with Crippen LogP contribution in [0.4, 0.5) is 5.69 Å². The number of anilines is 1. The van der Waals surface area contributed by atoms with E-state index in [9.17, 15) is 14.7 Å². The Balaban J connectivity index is 2.20. The fourth-order valence-corrected chi connectivity index (χ4v) is 3.81. The predicted octanol–water partition coefficient (Wildman–Crippen LogP) is 4.80. The van der Waals surface area contributed by atoms with Gasteiger partial charge in [-0.2, -0.15) is 0 Å². The molecule has 1 amide bonds. The summed E-state index contributed by atoms with van der Waals surface area (Å²) >= 11 is 14.9. The lowest BCUT2D eigenvalue weighted by atomic mass is 10.2. The molecule has 0 spiro atoms. The molecule has 9 heteroatoms. The number of carbonyl (C=O) groups excluding carboxylic acids is 1. The third-order valence-electron chi connectivity index (χ3n) is 2.87. The number of thiocarbonyl (C=S) groups is 1. The summed E-state index contributed by atoms with van der Waals surface area (Å²) < 4.78 is 1.72. The molecule has 0 saturated carbocycles. The van der Waals surface area contributed by atoms with Crippen LogP contribution in [0.25, 0.3) is 0 Å². The minimum atomic E-state index is -1.13. The first-order chi connectivity index (χ1) is 11.3. The first kappa shape index (κ1) is 19.0. The lowest BCUT2D eigenvalue weighted by molar-refractivity contribution is 0.0697. The van der Waals surface area contributed by atoms with Crippen LogP contribution in [0, 0.1) is 0 Å². The highest BCUT2D eigenvalue weighted by molar-refractivity contribution is 9.11. The van der Waals surface area contributed by atoms with Crippen LogP contribution in [0.5, 0.6) is 0 Å². The summed E-state index contributed by atoms with van der Waals surface area (Å²) in [5.74, 6) is -1.54. The zero-order valence-electron chi connectivity index (χ0n) is 11.8. The Morgan fingerprint density at radius 3 is 2.29 bits per heavy atom. The zero-order chi connectivity index (χ0) is 17.9. The minimum Gasteiger partial charge on any atom is -0.478 e. The summed E-state index contributed by atoms with van der Waals surface area (Å²) in [5, 5.41) is 14.6. The second-order valence-corrected chi connectivity index (χ2v) is 7.54. The van der Waals surface area contributed by atoms with Gasteiger partial charge in [-0.1, -0.05) is 28.1 Å². The number of carboxylic acid groups (broad SMARTS) is 1. The molecule has 2 aromatic rings. The second-order valence-electron chi connectivity index (χ2n) is 4.50. The zero-order valence-corrected chi connectivity index (χ0v) is 17.3. The van der Waals surface area contributed by atoms with Crippen LogP contribution in [0.15, 0.2) is 49.8 Å². The minimum absolute atomic E-state index is 0.00809. The van der Waals surface area contributed by atoms with Crippen LogP contribution in [0.1, 0.15) is 20.7 Å². The summed E-state index contributed by atoms with van der Waals surface area (Å²) in [6, 6.07) is 10.00. The average molecular weight is 537 g/mol. The van der Waals surface area contributed by atoms with Crippen molar-refractivity contribution in [1.29, 1.82) is 0 Å². The molecular formula is C15H9Br3N2O3S. The number of hydrogen-bond donors (Lipinski definition) is 3. The number of hydrogen-bond acceptors (Lipinski definition) is 3. The molecule has 24 heavy (non-hydrogen) atoms. The van der Waals surface area contributed by atoms with Gasteiger partial charge in [-0.15, -0.1) is 0 Å². The van der Waals surface area contributed by atoms with E-state index in [0.29, 0.717) is 19.0 Å². The molecule has 0 fully saturated rings. The Labute approximate surface area is 168 Å². The molecule has 3 N–H and O–H groups in total. The highest BCUT2D eigenvalue weighted by Gasteiger charge is 2.17. The van der Waals surface area contributed by atoms with Gasteiger partial charge < -0.3 is 10.4 Å². The Hall–Kier alpha value is -1.29. The number of rotatable bonds is 3.